The number of rotatable bonds is 9. The van der Waals surface area contributed by atoms with Gasteiger partial charge in [0.25, 0.3) is 5.91 Å². The SMILES string of the molecule is CCOC(=O)OC(C(C)C)n1nnc(-c2c(-c3ccc(C(=O)N(c4ncccc4C)C4CCCNC4)cc3)cnn2C)n1. The zero-order chi connectivity index (χ0) is 30.5. The maximum atomic E-state index is 13.9. The number of piperidine rings is 1. The molecular formula is C30H37N9O4. The Morgan fingerprint density at radius 1 is 1.19 bits per heavy atom. The van der Waals surface area contributed by atoms with Gasteiger partial charge in [-0.15, -0.1) is 15.0 Å². The molecule has 13 heteroatoms. The van der Waals surface area contributed by atoms with Crippen LogP contribution in [0.4, 0.5) is 10.6 Å². The number of hydrogen-bond acceptors (Lipinski definition) is 10. The zero-order valence-corrected chi connectivity index (χ0v) is 25.1. The van der Waals surface area contributed by atoms with E-state index in [4.69, 9.17) is 9.47 Å². The normalized spacial score (nSPS) is 15.7. The molecule has 1 N–H and O–H groups in total. The van der Waals surface area contributed by atoms with Gasteiger partial charge in [0.05, 0.1) is 18.8 Å². The summed E-state index contributed by atoms with van der Waals surface area (Å²) in [6.07, 6.45) is 3.75. The minimum Gasteiger partial charge on any atom is -0.435 e. The Balaban J connectivity index is 1.42. The van der Waals surface area contributed by atoms with Crippen LogP contribution in [0.3, 0.4) is 0 Å². The highest BCUT2D eigenvalue weighted by molar-refractivity contribution is 6.06. The molecule has 1 aromatic carbocycles. The lowest BCUT2D eigenvalue weighted by atomic mass is 10.0. The van der Waals surface area contributed by atoms with Crippen molar-refractivity contribution < 1.29 is 19.1 Å². The van der Waals surface area contributed by atoms with E-state index in [0.717, 1.165) is 42.6 Å². The Hall–Kier alpha value is -4.65. The number of aromatic nitrogens is 7. The van der Waals surface area contributed by atoms with Crippen LogP contribution in [0, 0.1) is 12.8 Å². The summed E-state index contributed by atoms with van der Waals surface area (Å²) in [4.78, 5) is 33.6. The average Bonchev–Trinajstić information content (AvgIpc) is 3.64. The van der Waals surface area contributed by atoms with E-state index in [1.54, 1.807) is 31.0 Å². The average molecular weight is 588 g/mol. The number of aryl methyl sites for hydroxylation is 2. The summed E-state index contributed by atoms with van der Waals surface area (Å²) in [6, 6.07) is 11.3. The van der Waals surface area contributed by atoms with Crippen LogP contribution in [-0.4, -0.2) is 72.8 Å². The van der Waals surface area contributed by atoms with Gasteiger partial charge in [-0.3, -0.25) is 14.4 Å². The Bertz CT molecular complexity index is 1560. The quantitative estimate of drug-likeness (QED) is 0.284. The molecule has 226 valence electrons. The predicted molar refractivity (Wildman–Crippen MR) is 159 cm³/mol. The third-order valence-corrected chi connectivity index (χ3v) is 7.36. The van der Waals surface area contributed by atoms with Crippen molar-refractivity contribution in [3.8, 4) is 22.6 Å². The Kier molecular flexibility index (Phi) is 9.10. The highest BCUT2D eigenvalue weighted by Gasteiger charge is 2.30. The van der Waals surface area contributed by atoms with Gasteiger partial charge < -0.3 is 14.8 Å². The van der Waals surface area contributed by atoms with Crippen molar-refractivity contribution in [1.29, 1.82) is 0 Å². The molecule has 4 aromatic rings. The summed E-state index contributed by atoms with van der Waals surface area (Å²) in [5, 5.41) is 20.8. The minimum absolute atomic E-state index is 0.00983. The first-order valence-corrected chi connectivity index (χ1v) is 14.5. The molecule has 0 aliphatic carbocycles. The molecule has 0 spiro atoms. The number of benzene rings is 1. The molecule has 4 heterocycles. The minimum atomic E-state index is -0.799. The number of hydrogen-bond donors (Lipinski definition) is 1. The molecule has 5 rings (SSSR count). The number of anilines is 1. The summed E-state index contributed by atoms with van der Waals surface area (Å²) in [5.41, 5.74) is 3.74. The van der Waals surface area contributed by atoms with Gasteiger partial charge in [-0.25, -0.2) is 9.78 Å². The summed E-state index contributed by atoms with van der Waals surface area (Å²) < 4.78 is 12.0. The summed E-state index contributed by atoms with van der Waals surface area (Å²) in [6.45, 7) is 9.30. The van der Waals surface area contributed by atoms with E-state index in [1.165, 1.54) is 4.80 Å². The van der Waals surface area contributed by atoms with Crippen LogP contribution in [0.15, 0.2) is 48.8 Å². The van der Waals surface area contributed by atoms with E-state index in [1.807, 2.05) is 62.1 Å². The Morgan fingerprint density at radius 2 is 1.98 bits per heavy atom. The van der Waals surface area contributed by atoms with Crippen LogP contribution in [-0.2, 0) is 16.5 Å². The number of nitrogens with zero attached hydrogens (tertiary/aromatic N) is 8. The number of ether oxygens (including phenoxy) is 2. The molecule has 2 unspecified atom stereocenters. The van der Waals surface area contributed by atoms with Gasteiger partial charge in [0, 0.05) is 36.8 Å². The van der Waals surface area contributed by atoms with Crippen molar-refractivity contribution >= 4 is 17.9 Å². The molecule has 1 saturated heterocycles. The molecule has 3 aromatic heterocycles. The second-order valence-electron chi connectivity index (χ2n) is 10.8. The summed E-state index contributed by atoms with van der Waals surface area (Å²) in [5.74, 6) is 0.760. The molecule has 13 nitrogen and oxygen atoms in total. The fraction of sp³-hybridized carbons (Fsp3) is 0.433. The van der Waals surface area contributed by atoms with Crippen molar-refractivity contribution in [2.75, 3.05) is 24.6 Å². The molecule has 1 aliphatic rings. The number of tetrazole rings is 1. The Morgan fingerprint density at radius 3 is 2.65 bits per heavy atom. The monoisotopic (exact) mass is 587 g/mol. The van der Waals surface area contributed by atoms with E-state index in [9.17, 15) is 9.59 Å². The predicted octanol–water partition coefficient (Wildman–Crippen LogP) is 4.17. The lowest BCUT2D eigenvalue weighted by molar-refractivity contribution is -0.0366. The maximum Gasteiger partial charge on any atom is 0.510 e. The van der Waals surface area contributed by atoms with Gasteiger partial charge in [0.2, 0.25) is 12.1 Å². The fourth-order valence-electron chi connectivity index (χ4n) is 5.19. The van der Waals surface area contributed by atoms with Crippen LogP contribution in [0.1, 0.15) is 55.8 Å². The number of carbonyl (C=O) groups excluding carboxylic acids is 2. The molecule has 2 atom stereocenters. The van der Waals surface area contributed by atoms with Gasteiger partial charge in [-0.2, -0.15) is 5.10 Å². The first-order chi connectivity index (χ1) is 20.8. The Labute approximate surface area is 250 Å². The summed E-state index contributed by atoms with van der Waals surface area (Å²) in [7, 11) is 1.79. The van der Waals surface area contributed by atoms with Crippen molar-refractivity contribution in [1.82, 2.24) is 40.3 Å². The van der Waals surface area contributed by atoms with E-state index < -0.39 is 12.4 Å². The number of nitrogens with one attached hydrogen (secondary N) is 1. The first-order valence-electron chi connectivity index (χ1n) is 14.5. The van der Waals surface area contributed by atoms with Crippen LogP contribution in [0.5, 0.6) is 0 Å². The third kappa shape index (κ3) is 6.41. The number of amides is 1. The molecule has 0 bridgehead atoms. The topological polar surface area (TPSA) is 142 Å². The van der Waals surface area contributed by atoms with Gasteiger partial charge in [-0.1, -0.05) is 32.0 Å². The lowest BCUT2D eigenvalue weighted by Gasteiger charge is -2.34. The van der Waals surface area contributed by atoms with Crippen molar-refractivity contribution in [2.24, 2.45) is 13.0 Å². The highest BCUT2D eigenvalue weighted by atomic mass is 16.7. The van der Waals surface area contributed by atoms with E-state index in [-0.39, 0.29) is 24.5 Å². The second kappa shape index (κ2) is 13.1. The molecule has 1 amide bonds. The number of carbonyl (C=O) groups is 2. The van der Waals surface area contributed by atoms with E-state index in [0.29, 0.717) is 22.9 Å². The lowest BCUT2D eigenvalue weighted by Crippen LogP contribution is -2.49. The number of pyridine rings is 1. The van der Waals surface area contributed by atoms with E-state index in [2.05, 4.69) is 30.8 Å². The van der Waals surface area contributed by atoms with Crippen LogP contribution >= 0.6 is 0 Å². The van der Waals surface area contributed by atoms with Crippen molar-refractivity contribution in [2.45, 2.75) is 52.8 Å². The van der Waals surface area contributed by atoms with Crippen LogP contribution in [0.2, 0.25) is 0 Å². The highest BCUT2D eigenvalue weighted by Crippen LogP contribution is 2.31. The van der Waals surface area contributed by atoms with Crippen molar-refractivity contribution in [3.63, 3.8) is 0 Å². The second-order valence-corrected chi connectivity index (χ2v) is 10.8. The third-order valence-electron chi connectivity index (χ3n) is 7.36. The maximum absolute atomic E-state index is 13.9. The van der Waals surface area contributed by atoms with Crippen LogP contribution < -0.4 is 10.2 Å². The first kappa shape index (κ1) is 29.8. The van der Waals surface area contributed by atoms with Gasteiger partial charge >= 0.3 is 6.16 Å². The zero-order valence-electron chi connectivity index (χ0n) is 25.1. The molecule has 1 fully saturated rings. The smallest absolute Gasteiger partial charge is 0.435 e. The summed E-state index contributed by atoms with van der Waals surface area (Å²) >= 11 is 0. The van der Waals surface area contributed by atoms with E-state index >= 15 is 0 Å². The molecule has 0 saturated carbocycles. The molecular weight excluding hydrogens is 550 g/mol. The van der Waals surface area contributed by atoms with Crippen LogP contribution in [0.25, 0.3) is 22.6 Å². The standard InChI is InChI=1S/C30H37N9O4/c1-6-42-30(41)43-29(19(2)3)39-35-26(34-36-39)25-24(18-33-37(25)5)21-11-13-22(14-12-21)28(40)38(23-10-8-15-31-17-23)27-20(4)9-7-16-32-27/h7,9,11-14,16,18-19,23,29,31H,6,8,10,15,17H2,1-5H3. The van der Waals surface area contributed by atoms with Gasteiger partial charge in [-0.05, 0) is 67.8 Å². The molecule has 43 heavy (non-hydrogen) atoms. The largest absolute Gasteiger partial charge is 0.510 e. The fourth-order valence-corrected chi connectivity index (χ4v) is 5.19. The van der Waals surface area contributed by atoms with Gasteiger partial charge in [0.1, 0.15) is 11.5 Å². The molecule has 0 radical (unpaired) electrons. The van der Waals surface area contributed by atoms with Gasteiger partial charge in [0.15, 0.2) is 0 Å². The van der Waals surface area contributed by atoms with Crippen molar-refractivity contribution in [3.05, 3.63) is 59.9 Å². The molecule has 1 aliphatic heterocycles.